The number of ether oxygens (including phenoxy) is 1. The van der Waals surface area contributed by atoms with Crippen LogP contribution in [0.4, 0.5) is 4.39 Å². The zero-order valence-electron chi connectivity index (χ0n) is 17.5. The minimum atomic E-state index is -0.739. The average Bonchev–Trinajstić information content (AvgIpc) is 3.49. The van der Waals surface area contributed by atoms with Crippen molar-refractivity contribution >= 4 is 16.8 Å². The molecule has 2 aliphatic carbocycles. The van der Waals surface area contributed by atoms with E-state index in [0.29, 0.717) is 24.2 Å². The fourth-order valence-corrected chi connectivity index (χ4v) is 5.36. The standard InChI is InChI=1S/C24H34ClFO2/c1-4-6-9-24(13-16(3)10-17(5-2)14-24)15-28-22-12-21(26)20(23(25)27)11-19(22)18-7-8-18/h11-12,16-18H,4-10,13-15H2,1-3H3. The van der Waals surface area contributed by atoms with Crippen LogP contribution in [0.2, 0.25) is 0 Å². The van der Waals surface area contributed by atoms with Gasteiger partial charge in [-0.05, 0) is 79.5 Å². The molecule has 0 spiro atoms. The van der Waals surface area contributed by atoms with Gasteiger partial charge in [0.05, 0.1) is 12.2 Å². The molecule has 156 valence electrons. The molecule has 1 aromatic carbocycles. The second-order valence-corrected chi connectivity index (χ2v) is 9.68. The summed E-state index contributed by atoms with van der Waals surface area (Å²) in [5, 5.41) is -0.739. The third kappa shape index (κ3) is 5.09. The number of carbonyl (C=O) groups is 1. The molecule has 2 saturated carbocycles. The van der Waals surface area contributed by atoms with Gasteiger partial charge in [-0.2, -0.15) is 0 Å². The molecule has 0 aromatic heterocycles. The van der Waals surface area contributed by atoms with Crippen molar-refractivity contribution in [1.82, 2.24) is 0 Å². The van der Waals surface area contributed by atoms with E-state index < -0.39 is 11.1 Å². The SMILES string of the molecule is CCCCC1(COc2cc(F)c(C(=O)Cl)cc2C2CC2)CC(C)CC(CC)C1. The number of rotatable bonds is 9. The number of hydrogen-bond acceptors (Lipinski definition) is 2. The molecule has 1 aromatic rings. The van der Waals surface area contributed by atoms with E-state index in [9.17, 15) is 9.18 Å². The molecule has 0 amide bonds. The third-order valence-electron chi connectivity index (χ3n) is 6.74. The zero-order valence-corrected chi connectivity index (χ0v) is 18.3. The highest BCUT2D eigenvalue weighted by Crippen LogP contribution is 2.49. The summed E-state index contributed by atoms with van der Waals surface area (Å²) in [5.41, 5.74) is 1.09. The number of benzene rings is 1. The van der Waals surface area contributed by atoms with E-state index in [2.05, 4.69) is 20.8 Å². The van der Waals surface area contributed by atoms with Crippen LogP contribution in [0.15, 0.2) is 12.1 Å². The largest absolute Gasteiger partial charge is 0.493 e. The van der Waals surface area contributed by atoms with Crippen molar-refractivity contribution in [3.8, 4) is 5.75 Å². The molecular formula is C24H34ClFO2. The van der Waals surface area contributed by atoms with Crippen LogP contribution in [0, 0.1) is 23.1 Å². The predicted octanol–water partition coefficient (Wildman–Crippen LogP) is 7.48. The summed E-state index contributed by atoms with van der Waals surface area (Å²) >= 11 is 5.56. The fraction of sp³-hybridized carbons (Fsp3) is 0.708. The van der Waals surface area contributed by atoms with Gasteiger partial charge < -0.3 is 4.74 Å². The minimum absolute atomic E-state index is 0.0334. The molecular weight excluding hydrogens is 375 g/mol. The van der Waals surface area contributed by atoms with Crippen LogP contribution in [-0.4, -0.2) is 11.8 Å². The summed E-state index contributed by atoms with van der Waals surface area (Å²) < 4.78 is 20.8. The van der Waals surface area contributed by atoms with Crippen LogP contribution in [-0.2, 0) is 0 Å². The van der Waals surface area contributed by atoms with Crippen molar-refractivity contribution in [3.63, 3.8) is 0 Å². The molecule has 3 unspecified atom stereocenters. The van der Waals surface area contributed by atoms with Gasteiger partial charge in [0.25, 0.3) is 5.24 Å². The molecule has 3 rings (SSSR count). The van der Waals surface area contributed by atoms with Gasteiger partial charge >= 0.3 is 0 Å². The Morgan fingerprint density at radius 2 is 2.04 bits per heavy atom. The maximum Gasteiger partial charge on any atom is 0.255 e. The van der Waals surface area contributed by atoms with Crippen LogP contribution in [0.3, 0.4) is 0 Å². The van der Waals surface area contributed by atoms with Gasteiger partial charge in [0.15, 0.2) is 0 Å². The molecule has 0 saturated heterocycles. The predicted molar refractivity (Wildman–Crippen MR) is 113 cm³/mol. The second-order valence-electron chi connectivity index (χ2n) is 9.33. The van der Waals surface area contributed by atoms with Crippen LogP contribution < -0.4 is 4.74 Å². The minimum Gasteiger partial charge on any atom is -0.493 e. The Hall–Kier alpha value is -1.09. The van der Waals surface area contributed by atoms with Crippen molar-refractivity contribution in [2.75, 3.05) is 6.61 Å². The lowest BCUT2D eigenvalue weighted by atomic mass is 9.63. The van der Waals surface area contributed by atoms with Crippen molar-refractivity contribution in [2.45, 2.75) is 84.5 Å². The Balaban J connectivity index is 1.83. The molecule has 0 heterocycles. The second kappa shape index (κ2) is 9.15. The monoisotopic (exact) mass is 408 g/mol. The molecule has 0 N–H and O–H groups in total. The number of unbranched alkanes of at least 4 members (excludes halogenated alkanes) is 1. The lowest BCUT2D eigenvalue weighted by molar-refractivity contribution is 0.0322. The first kappa shape index (κ1) is 21.6. The van der Waals surface area contributed by atoms with Crippen LogP contribution in [0.25, 0.3) is 0 Å². The molecule has 0 aliphatic heterocycles. The van der Waals surface area contributed by atoms with E-state index >= 15 is 0 Å². The third-order valence-corrected chi connectivity index (χ3v) is 6.94. The number of carbonyl (C=O) groups excluding carboxylic acids is 1. The Kier molecular flexibility index (Phi) is 7.07. The quantitative estimate of drug-likeness (QED) is 0.396. The first-order valence-electron chi connectivity index (χ1n) is 11.0. The van der Waals surface area contributed by atoms with E-state index in [0.717, 1.165) is 24.3 Å². The van der Waals surface area contributed by atoms with Gasteiger partial charge in [-0.3, -0.25) is 4.79 Å². The van der Waals surface area contributed by atoms with Gasteiger partial charge in [-0.25, -0.2) is 4.39 Å². The van der Waals surface area contributed by atoms with Gasteiger partial charge in [-0.1, -0.05) is 40.0 Å². The van der Waals surface area contributed by atoms with E-state index in [1.54, 1.807) is 6.07 Å². The Morgan fingerprint density at radius 3 is 2.64 bits per heavy atom. The maximum absolute atomic E-state index is 14.4. The maximum atomic E-state index is 14.4. The molecule has 4 heteroatoms. The van der Waals surface area contributed by atoms with Gasteiger partial charge in [0.2, 0.25) is 0 Å². The molecule has 28 heavy (non-hydrogen) atoms. The number of halogens is 2. The normalized spacial score (nSPS) is 27.6. The Labute approximate surface area is 174 Å². The highest BCUT2D eigenvalue weighted by Gasteiger charge is 2.39. The summed E-state index contributed by atoms with van der Waals surface area (Å²) in [6, 6.07) is 3.01. The lowest BCUT2D eigenvalue weighted by Gasteiger charge is -2.44. The topological polar surface area (TPSA) is 26.3 Å². The highest BCUT2D eigenvalue weighted by molar-refractivity contribution is 6.67. The van der Waals surface area contributed by atoms with Crippen molar-refractivity contribution in [1.29, 1.82) is 0 Å². The highest BCUT2D eigenvalue weighted by atomic mass is 35.5. The first-order valence-corrected chi connectivity index (χ1v) is 11.4. The zero-order chi connectivity index (χ0) is 20.3. The smallest absolute Gasteiger partial charge is 0.255 e. The van der Waals surface area contributed by atoms with Crippen molar-refractivity contribution in [2.24, 2.45) is 17.3 Å². The molecule has 0 radical (unpaired) electrons. The van der Waals surface area contributed by atoms with Gasteiger partial charge in [-0.15, -0.1) is 0 Å². The summed E-state index contributed by atoms with van der Waals surface area (Å²) in [6.45, 7) is 7.52. The molecule has 2 aliphatic rings. The van der Waals surface area contributed by atoms with E-state index in [1.165, 1.54) is 51.0 Å². The van der Waals surface area contributed by atoms with Crippen molar-refractivity contribution in [3.05, 3.63) is 29.1 Å². The Bertz CT molecular complexity index is 700. The number of hydrogen-bond donors (Lipinski definition) is 0. The van der Waals surface area contributed by atoms with Crippen LogP contribution in [0.1, 0.15) is 100 Å². The lowest BCUT2D eigenvalue weighted by Crippen LogP contribution is -2.37. The summed E-state index contributed by atoms with van der Waals surface area (Å²) in [7, 11) is 0. The first-order chi connectivity index (χ1) is 13.4. The molecule has 2 nitrogen and oxygen atoms in total. The Morgan fingerprint density at radius 1 is 1.29 bits per heavy atom. The molecule has 2 fully saturated rings. The average molecular weight is 409 g/mol. The van der Waals surface area contributed by atoms with Crippen LogP contribution >= 0.6 is 11.6 Å². The van der Waals surface area contributed by atoms with Gasteiger partial charge in [0.1, 0.15) is 11.6 Å². The van der Waals surface area contributed by atoms with Crippen LogP contribution in [0.5, 0.6) is 5.75 Å². The fourth-order valence-electron chi connectivity index (χ4n) is 5.22. The van der Waals surface area contributed by atoms with Crippen molar-refractivity contribution < 1.29 is 13.9 Å². The van der Waals surface area contributed by atoms with E-state index in [-0.39, 0.29) is 11.0 Å². The molecule has 3 atom stereocenters. The summed E-state index contributed by atoms with van der Waals surface area (Å²) in [6.07, 6.45) is 10.6. The van der Waals surface area contributed by atoms with Gasteiger partial charge in [0, 0.05) is 11.5 Å². The molecule has 0 bridgehead atoms. The van der Waals surface area contributed by atoms with E-state index in [4.69, 9.17) is 16.3 Å². The van der Waals surface area contributed by atoms with E-state index in [1.807, 2.05) is 0 Å². The summed E-state index contributed by atoms with van der Waals surface area (Å²) in [5.74, 6) is 1.86. The summed E-state index contributed by atoms with van der Waals surface area (Å²) in [4.78, 5) is 11.5.